The standard InChI is InChI=1S/C25H28N4O4S/c1-16-6-9-27-14-18(16)3-5-23(31)28-24-21(13-26)20-4-2-17(12-22(20)34-24)15-33-25(32)29-10-7-19(30)8-11-29/h3,5-6,9,14,17,19,30H,2,4,7-8,10-12,15H2,1H3,(H,28,31). The second-order valence-corrected chi connectivity index (χ2v) is 9.88. The van der Waals surface area contributed by atoms with E-state index in [9.17, 15) is 20.0 Å². The van der Waals surface area contributed by atoms with Crippen LogP contribution in [-0.2, 0) is 22.4 Å². The van der Waals surface area contributed by atoms with Crippen molar-refractivity contribution in [2.75, 3.05) is 25.0 Å². The summed E-state index contributed by atoms with van der Waals surface area (Å²) in [5, 5.41) is 22.7. The summed E-state index contributed by atoms with van der Waals surface area (Å²) in [6.07, 6.45) is 9.31. The maximum Gasteiger partial charge on any atom is 0.409 e. The zero-order valence-corrected chi connectivity index (χ0v) is 19.9. The van der Waals surface area contributed by atoms with E-state index >= 15 is 0 Å². The normalized spacial score (nSPS) is 18.4. The van der Waals surface area contributed by atoms with Gasteiger partial charge in [0.25, 0.3) is 0 Å². The molecule has 0 spiro atoms. The zero-order chi connectivity index (χ0) is 24.1. The number of aryl methyl sites for hydroxylation is 1. The number of pyridine rings is 1. The fourth-order valence-electron chi connectivity index (χ4n) is 4.30. The third-order valence-electron chi connectivity index (χ3n) is 6.37. The zero-order valence-electron chi connectivity index (χ0n) is 19.1. The molecular formula is C25H28N4O4S. The number of nitrogens with one attached hydrogen (secondary N) is 1. The van der Waals surface area contributed by atoms with Gasteiger partial charge in [0.15, 0.2) is 0 Å². The first-order valence-electron chi connectivity index (χ1n) is 11.5. The number of rotatable bonds is 5. The summed E-state index contributed by atoms with van der Waals surface area (Å²) in [6.45, 7) is 3.31. The van der Waals surface area contributed by atoms with Gasteiger partial charge in [-0.2, -0.15) is 5.26 Å². The fraction of sp³-hybridized carbons (Fsp3) is 0.440. The number of aliphatic hydroxyl groups excluding tert-OH is 1. The van der Waals surface area contributed by atoms with E-state index in [-0.39, 0.29) is 24.0 Å². The van der Waals surface area contributed by atoms with Crippen LogP contribution < -0.4 is 5.32 Å². The molecule has 178 valence electrons. The predicted octanol–water partition coefficient (Wildman–Crippen LogP) is 3.67. The number of ether oxygens (including phenoxy) is 1. The number of amides is 2. The van der Waals surface area contributed by atoms with Gasteiger partial charge in [0, 0.05) is 36.4 Å². The van der Waals surface area contributed by atoms with E-state index in [0.29, 0.717) is 55.9 Å². The van der Waals surface area contributed by atoms with Crippen LogP contribution in [0.1, 0.15) is 46.4 Å². The first-order chi connectivity index (χ1) is 16.4. The lowest BCUT2D eigenvalue weighted by molar-refractivity contribution is -0.111. The van der Waals surface area contributed by atoms with Gasteiger partial charge in [-0.15, -0.1) is 11.3 Å². The molecule has 2 aromatic rings. The van der Waals surface area contributed by atoms with E-state index in [4.69, 9.17) is 4.74 Å². The molecule has 2 N–H and O–H groups in total. The molecule has 34 heavy (non-hydrogen) atoms. The highest BCUT2D eigenvalue weighted by atomic mass is 32.1. The molecule has 0 aromatic carbocycles. The quantitative estimate of drug-likeness (QED) is 0.631. The van der Waals surface area contributed by atoms with Crippen molar-refractivity contribution in [1.29, 1.82) is 5.26 Å². The molecule has 0 saturated carbocycles. The van der Waals surface area contributed by atoms with Gasteiger partial charge in [-0.25, -0.2) is 4.79 Å². The molecule has 2 aromatic heterocycles. The Hall–Kier alpha value is -3.22. The molecular weight excluding hydrogens is 452 g/mol. The summed E-state index contributed by atoms with van der Waals surface area (Å²) >= 11 is 1.43. The number of carbonyl (C=O) groups excluding carboxylic acids is 2. The van der Waals surface area contributed by atoms with E-state index in [0.717, 1.165) is 28.0 Å². The van der Waals surface area contributed by atoms with Crippen LogP contribution in [0.4, 0.5) is 9.80 Å². The molecule has 0 bridgehead atoms. The second-order valence-electron chi connectivity index (χ2n) is 8.78. The van der Waals surface area contributed by atoms with Crippen molar-refractivity contribution < 1.29 is 19.4 Å². The Morgan fingerprint density at radius 2 is 2.18 bits per heavy atom. The first-order valence-corrected chi connectivity index (χ1v) is 12.3. The van der Waals surface area contributed by atoms with Crippen molar-refractivity contribution in [3.05, 3.63) is 51.7 Å². The number of fused-ring (bicyclic) bond motifs is 1. The Morgan fingerprint density at radius 1 is 1.38 bits per heavy atom. The van der Waals surface area contributed by atoms with Crippen LogP contribution in [0, 0.1) is 24.2 Å². The number of carbonyl (C=O) groups is 2. The molecule has 4 rings (SSSR count). The van der Waals surface area contributed by atoms with E-state index in [1.807, 2.05) is 13.0 Å². The van der Waals surface area contributed by atoms with E-state index in [1.165, 1.54) is 17.4 Å². The lowest BCUT2D eigenvalue weighted by Gasteiger charge is -2.30. The summed E-state index contributed by atoms with van der Waals surface area (Å²) in [5.41, 5.74) is 3.40. The van der Waals surface area contributed by atoms with Crippen molar-refractivity contribution in [3.63, 3.8) is 0 Å². The smallest absolute Gasteiger partial charge is 0.409 e. The van der Waals surface area contributed by atoms with Gasteiger partial charge in [0.05, 0.1) is 18.3 Å². The van der Waals surface area contributed by atoms with E-state index in [2.05, 4.69) is 16.4 Å². The second kappa shape index (κ2) is 10.8. The first kappa shape index (κ1) is 23.9. The monoisotopic (exact) mass is 480 g/mol. The minimum absolute atomic E-state index is 0.175. The number of anilines is 1. The summed E-state index contributed by atoms with van der Waals surface area (Å²) in [4.78, 5) is 31.6. The number of thiophene rings is 1. The molecule has 1 aliphatic heterocycles. The maximum atomic E-state index is 12.5. The Bertz CT molecular complexity index is 1130. The van der Waals surface area contributed by atoms with Crippen molar-refractivity contribution in [3.8, 4) is 6.07 Å². The third kappa shape index (κ3) is 5.64. The van der Waals surface area contributed by atoms with Crippen LogP contribution >= 0.6 is 11.3 Å². The lowest BCUT2D eigenvalue weighted by Crippen LogP contribution is -2.41. The number of nitrogens with zero attached hydrogens (tertiary/aromatic N) is 3. The number of nitriles is 1. The lowest BCUT2D eigenvalue weighted by atomic mass is 9.88. The highest BCUT2D eigenvalue weighted by Crippen LogP contribution is 2.39. The van der Waals surface area contributed by atoms with Gasteiger partial charge in [-0.3, -0.25) is 9.78 Å². The third-order valence-corrected chi connectivity index (χ3v) is 7.54. The highest BCUT2D eigenvalue weighted by Gasteiger charge is 2.28. The van der Waals surface area contributed by atoms with E-state index < -0.39 is 0 Å². The SMILES string of the molecule is Cc1ccncc1C=CC(=O)Nc1sc2c(c1C#N)CCC(COC(=O)N1CCC(O)CC1)C2. The van der Waals surface area contributed by atoms with E-state index in [1.54, 1.807) is 23.4 Å². The van der Waals surface area contributed by atoms with Crippen molar-refractivity contribution >= 4 is 34.4 Å². The predicted molar refractivity (Wildman–Crippen MR) is 129 cm³/mol. The van der Waals surface area contributed by atoms with Gasteiger partial charge in [-0.1, -0.05) is 0 Å². The average molecular weight is 481 g/mol. The largest absolute Gasteiger partial charge is 0.449 e. The molecule has 3 heterocycles. The number of likely N-dealkylation sites (tertiary alicyclic amines) is 1. The van der Waals surface area contributed by atoms with Crippen LogP contribution in [0.3, 0.4) is 0 Å². The van der Waals surface area contributed by atoms with Gasteiger partial charge in [-0.05, 0) is 73.8 Å². The number of piperidine rings is 1. The summed E-state index contributed by atoms with van der Waals surface area (Å²) in [5.74, 6) is -0.121. The summed E-state index contributed by atoms with van der Waals surface area (Å²) in [6, 6.07) is 4.13. The molecule has 1 saturated heterocycles. The van der Waals surface area contributed by atoms with Crippen molar-refractivity contribution in [2.45, 2.75) is 45.1 Å². The minimum atomic E-state index is -0.335. The van der Waals surface area contributed by atoms with Crippen molar-refractivity contribution in [1.82, 2.24) is 9.88 Å². The fourth-order valence-corrected chi connectivity index (χ4v) is 5.62. The van der Waals surface area contributed by atoms with Crippen LogP contribution in [0.2, 0.25) is 0 Å². The van der Waals surface area contributed by atoms with Gasteiger partial charge in [0.1, 0.15) is 11.1 Å². The topological polar surface area (TPSA) is 116 Å². The number of aromatic nitrogens is 1. The number of aliphatic hydroxyl groups is 1. The van der Waals surface area contributed by atoms with Crippen LogP contribution in [0.5, 0.6) is 0 Å². The Morgan fingerprint density at radius 3 is 2.91 bits per heavy atom. The Labute approximate surface area is 202 Å². The molecule has 1 atom stereocenters. The molecule has 1 aliphatic carbocycles. The molecule has 1 fully saturated rings. The highest BCUT2D eigenvalue weighted by molar-refractivity contribution is 7.16. The Balaban J connectivity index is 1.35. The maximum absolute atomic E-state index is 12.5. The van der Waals surface area contributed by atoms with Crippen molar-refractivity contribution in [2.24, 2.45) is 5.92 Å². The molecule has 8 nitrogen and oxygen atoms in total. The molecule has 0 radical (unpaired) electrons. The summed E-state index contributed by atoms with van der Waals surface area (Å²) < 4.78 is 5.54. The van der Waals surface area contributed by atoms with Crippen LogP contribution in [-0.4, -0.2) is 52.8 Å². The van der Waals surface area contributed by atoms with Crippen LogP contribution in [0.15, 0.2) is 24.5 Å². The van der Waals surface area contributed by atoms with Gasteiger partial charge >= 0.3 is 6.09 Å². The van der Waals surface area contributed by atoms with Gasteiger partial charge < -0.3 is 20.1 Å². The molecule has 2 aliphatic rings. The van der Waals surface area contributed by atoms with Crippen LogP contribution in [0.25, 0.3) is 6.08 Å². The minimum Gasteiger partial charge on any atom is -0.449 e. The molecule has 2 amide bonds. The number of hydrogen-bond acceptors (Lipinski definition) is 7. The summed E-state index contributed by atoms with van der Waals surface area (Å²) in [7, 11) is 0. The Kier molecular flexibility index (Phi) is 7.60. The van der Waals surface area contributed by atoms with Gasteiger partial charge in [0.2, 0.25) is 5.91 Å². The number of hydrogen-bond donors (Lipinski definition) is 2. The average Bonchev–Trinajstić information content (AvgIpc) is 3.18. The molecule has 9 heteroatoms. The molecule has 1 unspecified atom stereocenters.